The molecule has 0 aliphatic heterocycles. The zero-order valence-corrected chi connectivity index (χ0v) is 10.5. The molecule has 0 bridgehead atoms. The van der Waals surface area contributed by atoms with Gasteiger partial charge < -0.3 is 9.67 Å². The fraction of sp³-hybridized carbons (Fsp3) is 0.154. The first-order valence-electron chi connectivity index (χ1n) is 5.73. The van der Waals surface area contributed by atoms with Gasteiger partial charge >= 0.3 is 12.1 Å². The van der Waals surface area contributed by atoms with E-state index in [0.717, 1.165) is 16.8 Å². The van der Waals surface area contributed by atoms with Gasteiger partial charge in [-0.2, -0.15) is 13.2 Å². The van der Waals surface area contributed by atoms with Crippen LogP contribution in [-0.4, -0.2) is 20.6 Å². The van der Waals surface area contributed by atoms with Gasteiger partial charge in [0.15, 0.2) is 0 Å². The number of carboxylic acids is 1. The van der Waals surface area contributed by atoms with E-state index in [1.165, 1.54) is 12.1 Å². The van der Waals surface area contributed by atoms with Crippen molar-refractivity contribution in [1.82, 2.24) is 9.55 Å². The minimum absolute atomic E-state index is 0.0462. The Morgan fingerprint density at radius 2 is 1.95 bits per heavy atom. The van der Waals surface area contributed by atoms with Crippen LogP contribution in [0.25, 0.3) is 0 Å². The molecule has 2 rings (SSSR count). The van der Waals surface area contributed by atoms with Crippen LogP contribution in [0, 0.1) is 0 Å². The molecular weight excluding hydrogens is 289 g/mol. The van der Waals surface area contributed by atoms with E-state index >= 15 is 0 Å². The Labute approximate surface area is 116 Å². The van der Waals surface area contributed by atoms with Crippen molar-refractivity contribution in [3.63, 3.8) is 0 Å². The second-order valence-electron chi connectivity index (χ2n) is 4.23. The lowest BCUT2D eigenvalue weighted by Crippen LogP contribution is -2.22. The Bertz CT molecular complexity index is 721. The van der Waals surface area contributed by atoms with Crippen molar-refractivity contribution in [3.05, 3.63) is 63.8 Å². The highest BCUT2D eigenvalue weighted by atomic mass is 19.4. The number of carbonyl (C=O) groups is 1. The van der Waals surface area contributed by atoms with Crippen LogP contribution in [0.2, 0.25) is 0 Å². The van der Waals surface area contributed by atoms with Gasteiger partial charge in [-0.15, -0.1) is 0 Å². The first-order valence-corrected chi connectivity index (χ1v) is 5.73. The van der Waals surface area contributed by atoms with E-state index in [-0.39, 0.29) is 17.8 Å². The maximum atomic E-state index is 12.6. The van der Waals surface area contributed by atoms with Crippen LogP contribution >= 0.6 is 0 Å². The Morgan fingerprint density at radius 1 is 1.24 bits per heavy atom. The SMILES string of the molecule is O=C(O)c1ccc(Cn2cc(C(F)(F)F)ccc2=O)nc1. The first-order chi connectivity index (χ1) is 9.77. The Balaban J connectivity index is 2.31. The molecule has 0 radical (unpaired) electrons. The lowest BCUT2D eigenvalue weighted by Gasteiger charge is -2.10. The number of nitrogens with zero attached hydrogens (tertiary/aromatic N) is 2. The van der Waals surface area contributed by atoms with E-state index in [0.29, 0.717) is 12.3 Å². The van der Waals surface area contributed by atoms with Crippen LogP contribution < -0.4 is 5.56 Å². The van der Waals surface area contributed by atoms with E-state index in [1.807, 2.05) is 0 Å². The summed E-state index contributed by atoms with van der Waals surface area (Å²) < 4.78 is 38.6. The zero-order chi connectivity index (χ0) is 15.6. The van der Waals surface area contributed by atoms with Crippen molar-refractivity contribution < 1.29 is 23.1 Å². The van der Waals surface area contributed by atoms with E-state index < -0.39 is 23.3 Å². The van der Waals surface area contributed by atoms with Crippen molar-refractivity contribution in [3.8, 4) is 0 Å². The summed E-state index contributed by atoms with van der Waals surface area (Å²) in [5.41, 5.74) is -1.31. The van der Waals surface area contributed by atoms with Crippen LogP contribution in [0.3, 0.4) is 0 Å². The molecule has 0 aliphatic rings. The van der Waals surface area contributed by atoms with E-state index in [4.69, 9.17) is 5.11 Å². The van der Waals surface area contributed by atoms with Crippen LogP contribution in [0.1, 0.15) is 21.6 Å². The number of hydrogen-bond acceptors (Lipinski definition) is 3. The van der Waals surface area contributed by atoms with Gasteiger partial charge in [0.1, 0.15) is 0 Å². The van der Waals surface area contributed by atoms with Crippen molar-refractivity contribution in [2.45, 2.75) is 12.7 Å². The Kier molecular flexibility index (Phi) is 3.79. The lowest BCUT2D eigenvalue weighted by molar-refractivity contribution is -0.138. The summed E-state index contributed by atoms with van der Waals surface area (Å²) in [5, 5.41) is 8.72. The number of alkyl halides is 3. The van der Waals surface area contributed by atoms with Crippen LogP contribution in [-0.2, 0) is 12.7 Å². The molecule has 1 N–H and O–H groups in total. The molecule has 0 fully saturated rings. The molecule has 8 heteroatoms. The number of rotatable bonds is 3. The summed E-state index contributed by atoms with van der Waals surface area (Å²) in [5.74, 6) is -1.16. The standard InChI is InChI=1S/C13H9F3N2O3/c14-13(15,16)9-2-4-11(19)18(6-9)7-10-3-1-8(5-17-10)12(20)21/h1-6H,7H2,(H,20,21). The average molecular weight is 298 g/mol. The van der Waals surface area contributed by atoms with Gasteiger partial charge in [-0.1, -0.05) is 0 Å². The number of pyridine rings is 2. The summed E-state index contributed by atoms with van der Waals surface area (Å²) in [6, 6.07) is 4.15. The minimum Gasteiger partial charge on any atom is -0.478 e. The van der Waals surface area contributed by atoms with Gasteiger partial charge in [-0.3, -0.25) is 9.78 Å². The number of aromatic nitrogens is 2. The minimum atomic E-state index is -4.55. The van der Waals surface area contributed by atoms with Crippen LogP contribution in [0.5, 0.6) is 0 Å². The molecule has 2 heterocycles. The van der Waals surface area contributed by atoms with Crippen molar-refractivity contribution in [1.29, 1.82) is 0 Å². The fourth-order valence-corrected chi connectivity index (χ4v) is 1.64. The Morgan fingerprint density at radius 3 is 2.48 bits per heavy atom. The number of halogens is 3. The van der Waals surface area contributed by atoms with Gasteiger partial charge in [0.05, 0.1) is 23.4 Å². The normalized spacial score (nSPS) is 11.4. The van der Waals surface area contributed by atoms with Crippen LogP contribution in [0.4, 0.5) is 13.2 Å². The maximum Gasteiger partial charge on any atom is 0.417 e. The lowest BCUT2D eigenvalue weighted by atomic mass is 10.2. The quantitative estimate of drug-likeness (QED) is 0.941. The third-order valence-electron chi connectivity index (χ3n) is 2.71. The second-order valence-corrected chi connectivity index (χ2v) is 4.23. The highest BCUT2D eigenvalue weighted by molar-refractivity contribution is 5.87. The molecule has 0 amide bonds. The number of hydrogen-bond donors (Lipinski definition) is 1. The van der Waals surface area contributed by atoms with Gasteiger partial charge in [-0.05, 0) is 18.2 Å². The highest BCUT2D eigenvalue weighted by Crippen LogP contribution is 2.28. The topological polar surface area (TPSA) is 72.2 Å². The van der Waals surface area contributed by atoms with Crippen molar-refractivity contribution >= 4 is 5.97 Å². The summed E-state index contributed by atoms with van der Waals surface area (Å²) >= 11 is 0. The average Bonchev–Trinajstić information content (AvgIpc) is 2.40. The fourth-order valence-electron chi connectivity index (χ4n) is 1.64. The zero-order valence-electron chi connectivity index (χ0n) is 10.5. The largest absolute Gasteiger partial charge is 0.478 e. The molecule has 0 unspecified atom stereocenters. The predicted octanol–water partition coefficient (Wildman–Crippen LogP) is 2.01. The van der Waals surface area contributed by atoms with Crippen LogP contribution in [0.15, 0.2) is 41.5 Å². The molecule has 21 heavy (non-hydrogen) atoms. The predicted molar refractivity (Wildman–Crippen MR) is 66.0 cm³/mol. The summed E-state index contributed by atoms with van der Waals surface area (Å²) in [4.78, 5) is 26.0. The molecule has 0 saturated heterocycles. The van der Waals surface area contributed by atoms with Gasteiger partial charge in [0.25, 0.3) is 5.56 Å². The number of carboxylic acid groups (broad SMARTS) is 1. The number of aromatic carboxylic acids is 1. The molecule has 2 aromatic heterocycles. The highest BCUT2D eigenvalue weighted by Gasteiger charge is 2.31. The third kappa shape index (κ3) is 3.47. The molecule has 0 aliphatic carbocycles. The van der Waals surface area contributed by atoms with E-state index in [2.05, 4.69) is 4.98 Å². The molecule has 0 atom stereocenters. The molecule has 110 valence electrons. The smallest absolute Gasteiger partial charge is 0.417 e. The van der Waals surface area contributed by atoms with E-state index in [1.54, 1.807) is 0 Å². The van der Waals surface area contributed by atoms with Crippen molar-refractivity contribution in [2.75, 3.05) is 0 Å². The van der Waals surface area contributed by atoms with Gasteiger partial charge in [-0.25, -0.2) is 4.79 Å². The summed E-state index contributed by atoms with van der Waals surface area (Å²) in [7, 11) is 0. The molecule has 0 spiro atoms. The molecular formula is C13H9F3N2O3. The van der Waals surface area contributed by atoms with Crippen molar-refractivity contribution in [2.24, 2.45) is 0 Å². The third-order valence-corrected chi connectivity index (χ3v) is 2.71. The second kappa shape index (κ2) is 5.39. The van der Waals surface area contributed by atoms with Gasteiger partial charge in [0.2, 0.25) is 0 Å². The molecule has 2 aromatic rings. The molecule has 0 saturated carbocycles. The van der Waals surface area contributed by atoms with Gasteiger partial charge in [0, 0.05) is 18.5 Å². The van der Waals surface area contributed by atoms with E-state index in [9.17, 15) is 22.8 Å². The summed E-state index contributed by atoms with van der Waals surface area (Å²) in [6.07, 6.45) is -2.76. The molecule has 0 aromatic carbocycles. The maximum absolute atomic E-state index is 12.6. The first kappa shape index (κ1) is 14.8. The summed E-state index contributed by atoms with van der Waals surface area (Å²) in [6.45, 7) is -0.178. The monoisotopic (exact) mass is 298 g/mol. The Hall–Kier alpha value is -2.64. The molecule has 5 nitrogen and oxygen atoms in total.